The molecule has 0 atom stereocenters. The van der Waals surface area contributed by atoms with Crippen LogP contribution in [0.15, 0.2) is 22.2 Å². The Morgan fingerprint density at radius 1 is 1.27 bits per heavy atom. The van der Waals surface area contributed by atoms with Crippen molar-refractivity contribution in [2.24, 2.45) is 11.5 Å². The molecule has 1 aliphatic rings. The summed E-state index contributed by atoms with van der Waals surface area (Å²) < 4.78 is 0. The lowest BCUT2D eigenvalue weighted by atomic mass is 9.99. The van der Waals surface area contributed by atoms with Crippen molar-refractivity contribution < 1.29 is 0 Å². The van der Waals surface area contributed by atoms with E-state index in [0.29, 0.717) is 10.8 Å². The topological polar surface area (TPSA) is 120 Å². The summed E-state index contributed by atoms with van der Waals surface area (Å²) in [5, 5.41) is 1.26. The summed E-state index contributed by atoms with van der Waals surface area (Å²) in [4.78, 5) is 16.7. The summed E-state index contributed by atoms with van der Waals surface area (Å²) in [6.45, 7) is 5.60. The smallest absolute Gasteiger partial charge is 0.150 e. The van der Waals surface area contributed by atoms with Gasteiger partial charge in [-0.3, -0.25) is 0 Å². The summed E-state index contributed by atoms with van der Waals surface area (Å²) in [6.07, 6.45) is 3.90. The van der Waals surface area contributed by atoms with Crippen LogP contribution in [0.1, 0.15) is 31.2 Å². The van der Waals surface area contributed by atoms with Gasteiger partial charge in [-0.25, -0.2) is 15.0 Å². The second kappa shape index (κ2) is 7.56. The molecular formula is C17H24ClN7S. The molecule has 7 nitrogen and oxygen atoms in total. The zero-order valence-corrected chi connectivity index (χ0v) is 16.6. The summed E-state index contributed by atoms with van der Waals surface area (Å²) in [5.74, 6) is 1.24. The van der Waals surface area contributed by atoms with E-state index in [-0.39, 0.29) is 0 Å². The lowest BCUT2D eigenvalue weighted by molar-refractivity contribution is 0.343. The standard InChI is InChI=1S/C17H24ClN7S/c1-3-11-15(25-8-5-17(20,21)6-9-25)23-10(2)16(24-11)26-12-4-7-22-14(19)13(12)18/h4,7H,3,5-6,8-9,20-21H2,1-2H3,(H2,19,22). The maximum Gasteiger partial charge on any atom is 0.150 e. The van der Waals surface area contributed by atoms with E-state index in [9.17, 15) is 0 Å². The van der Waals surface area contributed by atoms with E-state index in [4.69, 9.17) is 38.8 Å². The Hall–Kier alpha value is -1.61. The summed E-state index contributed by atoms with van der Waals surface area (Å²) in [7, 11) is 0. The first kappa shape index (κ1) is 19.2. The van der Waals surface area contributed by atoms with Gasteiger partial charge in [-0.05, 0) is 32.3 Å². The molecule has 1 fully saturated rings. The molecule has 2 aromatic heterocycles. The quantitative estimate of drug-likeness (QED) is 0.677. The molecule has 0 aromatic carbocycles. The molecule has 6 N–H and O–H groups in total. The number of hydrogen-bond donors (Lipinski definition) is 3. The fourth-order valence-corrected chi connectivity index (χ4v) is 3.98. The van der Waals surface area contributed by atoms with Crippen molar-refractivity contribution in [3.05, 3.63) is 28.7 Å². The van der Waals surface area contributed by atoms with Gasteiger partial charge in [-0.1, -0.05) is 30.3 Å². The molecule has 3 heterocycles. The lowest BCUT2D eigenvalue weighted by Gasteiger charge is -2.37. The largest absolute Gasteiger partial charge is 0.382 e. The highest BCUT2D eigenvalue weighted by Crippen LogP contribution is 2.36. The Kier molecular flexibility index (Phi) is 5.57. The Morgan fingerprint density at radius 2 is 1.96 bits per heavy atom. The first-order valence-electron chi connectivity index (χ1n) is 8.59. The van der Waals surface area contributed by atoms with Crippen molar-refractivity contribution in [2.45, 2.75) is 48.7 Å². The van der Waals surface area contributed by atoms with Gasteiger partial charge in [-0.2, -0.15) is 0 Å². The van der Waals surface area contributed by atoms with E-state index in [1.54, 1.807) is 6.20 Å². The van der Waals surface area contributed by atoms with Crippen molar-refractivity contribution >= 4 is 35.0 Å². The van der Waals surface area contributed by atoms with Crippen molar-refractivity contribution in [1.82, 2.24) is 15.0 Å². The minimum absolute atomic E-state index is 0.315. The van der Waals surface area contributed by atoms with E-state index in [1.165, 1.54) is 11.8 Å². The number of hydrogen-bond acceptors (Lipinski definition) is 8. The predicted molar refractivity (Wildman–Crippen MR) is 106 cm³/mol. The molecule has 26 heavy (non-hydrogen) atoms. The molecule has 0 radical (unpaired) electrons. The zero-order valence-electron chi connectivity index (χ0n) is 15.0. The number of nitrogen functional groups attached to an aromatic ring is 1. The number of rotatable bonds is 4. The molecule has 9 heteroatoms. The lowest BCUT2D eigenvalue weighted by Crippen LogP contribution is -2.57. The Bertz CT molecular complexity index is 802. The number of nitrogens with zero attached hydrogens (tertiary/aromatic N) is 4. The molecule has 0 amide bonds. The number of aryl methyl sites for hydroxylation is 2. The van der Waals surface area contributed by atoms with Gasteiger partial charge in [-0.15, -0.1) is 0 Å². The second-order valence-corrected chi connectivity index (χ2v) is 7.98. The molecular weight excluding hydrogens is 370 g/mol. The maximum absolute atomic E-state index is 6.26. The number of halogens is 1. The first-order chi connectivity index (χ1) is 12.3. The highest BCUT2D eigenvalue weighted by atomic mass is 35.5. The minimum atomic E-state index is -0.584. The van der Waals surface area contributed by atoms with Crippen molar-refractivity contribution in [3.63, 3.8) is 0 Å². The third kappa shape index (κ3) is 4.03. The molecule has 0 unspecified atom stereocenters. The SMILES string of the molecule is CCc1nc(Sc2ccnc(N)c2Cl)c(C)nc1N1CCC(N)(N)CC1. The van der Waals surface area contributed by atoms with Crippen LogP contribution in [0.2, 0.25) is 5.02 Å². The van der Waals surface area contributed by atoms with E-state index < -0.39 is 5.66 Å². The number of pyridine rings is 1. The van der Waals surface area contributed by atoms with Crippen LogP contribution in [0.3, 0.4) is 0 Å². The van der Waals surface area contributed by atoms with Gasteiger partial charge in [0, 0.05) is 24.2 Å². The van der Waals surface area contributed by atoms with Crippen molar-refractivity contribution in [1.29, 1.82) is 0 Å². The van der Waals surface area contributed by atoms with Crippen LogP contribution in [0.4, 0.5) is 11.6 Å². The molecule has 0 spiro atoms. The van der Waals surface area contributed by atoms with Crippen LogP contribution in [0.25, 0.3) is 0 Å². The van der Waals surface area contributed by atoms with Gasteiger partial charge >= 0.3 is 0 Å². The number of piperidine rings is 1. The van der Waals surface area contributed by atoms with E-state index in [0.717, 1.165) is 59.5 Å². The van der Waals surface area contributed by atoms with E-state index in [1.807, 2.05) is 13.0 Å². The monoisotopic (exact) mass is 393 g/mol. The van der Waals surface area contributed by atoms with Crippen molar-refractivity contribution in [2.75, 3.05) is 23.7 Å². The first-order valence-corrected chi connectivity index (χ1v) is 9.78. The fraction of sp³-hybridized carbons (Fsp3) is 0.471. The Labute approximate surface area is 162 Å². The van der Waals surface area contributed by atoms with Crippen LogP contribution >= 0.6 is 23.4 Å². The molecule has 1 aliphatic heterocycles. The normalized spacial score (nSPS) is 16.7. The molecule has 0 bridgehead atoms. The number of aromatic nitrogens is 3. The maximum atomic E-state index is 6.26. The van der Waals surface area contributed by atoms with Gasteiger partial charge in [0.1, 0.15) is 10.8 Å². The molecule has 2 aromatic rings. The zero-order chi connectivity index (χ0) is 18.9. The molecule has 1 saturated heterocycles. The molecule has 0 saturated carbocycles. The molecule has 3 rings (SSSR count). The van der Waals surface area contributed by atoms with Gasteiger partial charge in [0.15, 0.2) is 5.82 Å². The van der Waals surface area contributed by atoms with Gasteiger partial charge in [0.25, 0.3) is 0 Å². The van der Waals surface area contributed by atoms with Crippen LogP contribution in [-0.2, 0) is 6.42 Å². The summed E-state index contributed by atoms with van der Waals surface area (Å²) >= 11 is 7.72. The summed E-state index contributed by atoms with van der Waals surface area (Å²) in [6, 6.07) is 1.83. The average molecular weight is 394 g/mol. The van der Waals surface area contributed by atoms with Gasteiger partial charge in [0.2, 0.25) is 0 Å². The summed E-state index contributed by atoms with van der Waals surface area (Å²) in [5.41, 5.74) is 19.1. The van der Waals surface area contributed by atoms with Crippen molar-refractivity contribution in [3.8, 4) is 0 Å². The predicted octanol–water partition coefficient (Wildman–Crippen LogP) is 2.34. The number of nitrogens with two attached hydrogens (primary N) is 3. The Balaban J connectivity index is 1.89. The fourth-order valence-electron chi connectivity index (χ4n) is 2.87. The average Bonchev–Trinajstić information content (AvgIpc) is 2.60. The second-order valence-electron chi connectivity index (χ2n) is 6.57. The number of anilines is 2. The molecule has 140 valence electrons. The van der Waals surface area contributed by atoms with Crippen LogP contribution in [0.5, 0.6) is 0 Å². The van der Waals surface area contributed by atoms with Gasteiger partial charge < -0.3 is 22.1 Å². The van der Waals surface area contributed by atoms with Crippen LogP contribution in [0, 0.1) is 6.92 Å². The van der Waals surface area contributed by atoms with E-state index >= 15 is 0 Å². The van der Waals surface area contributed by atoms with E-state index in [2.05, 4.69) is 16.8 Å². The third-order valence-corrected chi connectivity index (χ3v) is 6.14. The van der Waals surface area contributed by atoms with Gasteiger partial charge in [0.05, 0.1) is 22.1 Å². The third-order valence-electron chi connectivity index (χ3n) is 4.49. The Morgan fingerprint density at radius 3 is 2.62 bits per heavy atom. The van der Waals surface area contributed by atoms with Crippen LogP contribution < -0.4 is 22.1 Å². The van der Waals surface area contributed by atoms with Crippen LogP contribution in [-0.4, -0.2) is 33.7 Å². The molecule has 0 aliphatic carbocycles. The highest BCUT2D eigenvalue weighted by molar-refractivity contribution is 7.99. The minimum Gasteiger partial charge on any atom is -0.382 e. The highest BCUT2D eigenvalue weighted by Gasteiger charge is 2.28.